The number of rotatable bonds is 3. The SMILES string of the molecule is N#CC1(CCCO)CC2CCC1O2. The van der Waals surface area contributed by atoms with E-state index in [0.717, 1.165) is 32.1 Å². The number of nitrogens with zero attached hydrogens (tertiary/aromatic N) is 1. The Morgan fingerprint density at radius 3 is 2.85 bits per heavy atom. The Morgan fingerprint density at radius 1 is 1.54 bits per heavy atom. The molecule has 0 aromatic heterocycles. The van der Waals surface area contributed by atoms with E-state index >= 15 is 0 Å². The van der Waals surface area contributed by atoms with Crippen molar-refractivity contribution in [1.82, 2.24) is 0 Å². The van der Waals surface area contributed by atoms with E-state index in [1.54, 1.807) is 0 Å². The summed E-state index contributed by atoms with van der Waals surface area (Å²) >= 11 is 0. The fraction of sp³-hybridized carbons (Fsp3) is 0.900. The summed E-state index contributed by atoms with van der Waals surface area (Å²) in [6.07, 6.45) is 5.02. The van der Waals surface area contributed by atoms with Crippen molar-refractivity contribution in [3.8, 4) is 6.07 Å². The van der Waals surface area contributed by atoms with Gasteiger partial charge in [0.1, 0.15) is 0 Å². The van der Waals surface area contributed by atoms with Crippen LogP contribution < -0.4 is 0 Å². The van der Waals surface area contributed by atoms with Crippen LogP contribution >= 0.6 is 0 Å². The standard InChI is InChI=1S/C10H15NO2/c11-7-10(4-1-5-12)6-8-2-3-9(10)13-8/h8-9,12H,1-6H2. The first-order valence-electron chi connectivity index (χ1n) is 4.98. The number of hydrogen-bond acceptors (Lipinski definition) is 3. The Bertz CT molecular complexity index is 236. The number of fused-ring (bicyclic) bond motifs is 2. The average molecular weight is 181 g/mol. The van der Waals surface area contributed by atoms with Crippen molar-refractivity contribution in [2.45, 2.75) is 44.3 Å². The number of nitriles is 1. The van der Waals surface area contributed by atoms with Gasteiger partial charge < -0.3 is 9.84 Å². The molecule has 2 aliphatic heterocycles. The van der Waals surface area contributed by atoms with Crippen LogP contribution in [0.4, 0.5) is 0 Å². The first-order chi connectivity index (χ1) is 6.30. The van der Waals surface area contributed by atoms with Crippen molar-refractivity contribution >= 4 is 0 Å². The van der Waals surface area contributed by atoms with Crippen molar-refractivity contribution in [3.05, 3.63) is 0 Å². The molecule has 2 aliphatic rings. The molecule has 3 unspecified atom stereocenters. The predicted molar refractivity (Wildman–Crippen MR) is 46.9 cm³/mol. The molecule has 0 radical (unpaired) electrons. The Kier molecular flexibility index (Phi) is 2.27. The third-order valence-electron chi connectivity index (χ3n) is 3.32. The predicted octanol–water partition coefficient (Wildman–Crippen LogP) is 1.22. The molecule has 0 aromatic rings. The number of aliphatic hydroxyl groups excluding tert-OH is 1. The van der Waals surface area contributed by atoms with Gasteiger partial charge in [0.05, 0.1) is 23.7 Å². The lowest BCUT2D eigenvalue weighted by Crippen LogP contribution is -2.31. The van der Waals surface area contributed by atoms with Crippen LogP contribution in [-0.2, 0) is 4.74 Å². The molecule has 72 valence electrons. The molecule has 3 heteroatoms. The zero-order chi connectivity index (χ0) is 9.31. The molecule has 2 heterocycles. The van der Waals surface area contributed by atoms with E-state index in [1.807, 2.05) is 0 Å². The second-order valence-corrected chi connectivity index (χ2v) is 4.12. The molecule has 0 amide bonds. The van der Waals surface area contributed by atoms with Gasteiger partial charge in [0.2, 0.25) is 0 Å². The highest BCUT2D eigenvalue weighted by atomic mass is 16.5. The van der Waals surface area contributed by atoms with Gasteiger partial charge in [-0.25, -0.2) is 0 Å². The van der Waals surface area contributed by atoms with Crippen LogP contribution in [0.5, 0.6) is 0 Å². The van der Waals surface area contributed by atoms with Gasteiger partial charge >= 0.3 is 0 Å². The van der Waals surface area contributed by atoms with Crippen LogP contribution in [0.25, 0.3) is 0 Å². The van der Waals surface area contributed by atoms with Crippen molar-refractivity contribution in [1.29, 1.82) is 5.26 Å². The fourth-order valence-corrected chi connectivity index (χ4v) is 2.63. The fourth-order valence-electron chi connectivity index (χ4n) is 2.63. The number of hydrogen-bond donors (Lipinski definition) is 1. The minimum atomic E-state index is -0.272. The quantitative estimate of drug-likeness (QED) is 0.712. The maximum absolute atomic E-state index is 9.15. The molecule has 3 nitrogen and oxygen atoms in total. The Hall–Kier alpha value is -0.590. The summed E-state index contributed by atoms with van der Waals surface area (Å²) in [7, 11) is 0. The molecule has 0 saturated carbocycles. The largest absolute Gasteiger partial charge is 0.396 e. The second kappa shape index (κ2) is 3.28. The topological polar surface area (TPSA) is 53.2 Å². The Balaban J connectivity index is 2.05. The van der Waals surface area contributed by atoms with Gasteiger partial charge in [0.25, 0.3) is 0 Å². The normalized spacial score (nSPS) is 42.2. The van der Waals surface area contributed by atoms with Crippen LogP contribution in [-0.4, -0.2) is 23.9 Å². The molecule has 13 heavy (non-hydrogen) atoms. The molecule has 2 rings (SSSR count). The summed E-state index contributed by atoms with van der Waals surface area (Å²) in [6, 6.07) is 2.41. The van der Waals surface area contributed by atoms with E-state index in [4.69, 9.17) is 15.1 Å². The van der Waals surface area contributed by atoms with Crippen LogP contribution in [0.3, 0.4) is 0 Å². The summed E-state index contributed by atoms with van der Waals surface area (Å²) in [6.45, 7) is 0.181. The van der Waals surface area contributed by atoms with E-state index < -0.39 is 0 Å². The van der Waals surface area contributed by atoms with E-state index in [1.165, 1.54) is 0 Å². The molecule has 2 fully saturated rings. The van der Waals surface area contributed by atoms with Crippen LogP contribution in [0.15, 0.2) is 0 Å². The third kappa shape index (κ3) is 1.34. The molecular formula is C10H15NO2. The van der Waals surface area contributed by atoms with Crippen molar-refractivity contribution in [3.63, 3.8) is 0 Å². The van der Waals surface area contributed by atoms with Gasteiger partial charge in [-0.15, -0.1) is 0 Å². The molecule has 2 bridgehead atoms. The lowest BCUT2D eigenvalue weighted by atomic mass is 9.72. The van der Waals surface area contributed by atoms with Crippen LogP contribution in [0, 0.1) is 16.7 Å². The summed E-state index contributed by atoms with van der Waals surface area (Å²) in [4.78, 5) is 0. The summed E-state index contributed by atoms with van der Waals surface area (Å²) in [5.41, 5.74) is -0.272. The molecule has 0 aliphatic carbocycles. The Morgan fingerprint density at radius 2 is 2.38 bits per heavy atom. The van der Waals surface area contributed by atoms with Gasteiger partial charge in [-0.2, -0.15) is 5.26 Å². The number of aliphatic hydroxyl groups is 1. The van der Waals surface area contributed by atoms with Gasteiger partial charge in [0, 0.05) is 6.61 Å². The maximum Gasteiger partial charge on any atom is 0.0860 e. The highest BCUT2D eigenvalue weighted by Gasteiger charge is 2.52. The molecule has 0 aromatic carbocycles. The van der Waals surface area contributed by atoms with Gasteiger partial charge in [0.15, 0.2) is 0 Å². The van der Waals surface area contributed by atoms with Crippen LogP contribution in [0.1, 0.15) is 32.1 Å². The third-order valence-corrected chi connectivity index (χ3v) is 3.32. The van der Waals surface area contributed by atoms with Gasteiger partial charge in [-0.1, -0.05) is 0 Å². The lowest BCUT2D eigenvalue weighted by molar-refractivity contribution is 0.0740. The maximum atomic E-state index is 9.15. The van der Waals surface area contributed by atoms with Crippen molar-refractivity contribution in [2.75, 3.05) is 6.61 Å². The first-order valence-corrected chi connectivity index (χ1v) is 4.98. The first kappa shape index (κ1) is 8.98. The van der Waals surface area contributed by atoms with E-state index in [0.29, 0.717) is 6.10 Å². The second-order valence-electron chi connectivity index (χ2n) is 4.12. The van der Waals surface area contributed by atoms with Gasteiger partial charge in [-0.05, 0) is 32.1 Å². The minimum Gasteiger partial charge on any atom is -0.396 e. The van der Waals surface area contributed by atoms with Gasteiger partial charge in [-0.3, -0.25) is 0 Å². The summed E-state index contributed by atoms with van der Waals surface area (Å²) < 4.78 is 5.67. The zero-order valence-corrected chi connectivity index (χ0v) is 7.70. The Labute approximate surface area is 78.3 Å². The van der Waals surface area contributed by atoms with Crippen LogP contribution in [0.2, 0.25) is 0 Å². The number of ether oxygens (including phenoxy) is 1. The minimum absolute atomic E-state index is 0.147. The molecule has 0 spiro atoms. The summed E-state index contributed by atoms with van der Waals surface area (Å²) in [5, 5.41) is 17.9. The average Bonchev–Trinajstić information content (AvgIpc) is 2.74. The molecule has 2 saturated heterocycles. The van der Waals surface area contributed by atoms with Crippen molar-refractivity contribution < 1.29 is 9.84 Å². The monoisotopic (exact) mass is 181 g/mol. The highest BCUT2D eigenvalue weighted by Crippen LogP contribution is 2.49. The van der Waals surface area contributed by atoms with E-state index in [-0.39, 0.29) is 18.1 Å². The van der Waals surface area contributed by atoms with Crippen molar-refractivity contribution in [2.24, 2.45) is 5.41 Å². The molecule has 1 N–H and O–H groups in total. The molecular weight excluding hydrogens is 166 g/mol. The van der Waals surface area contributed by atoms with E-state index in [2.05, 4.69) is 6.07 Å². The smallest absolute Gasteiger partial charge is 0.0860 e. The van der Waals surface area contributed by atoms with E-state index in [9.17, 15) is 0 Å². The lowest BCUT2D eigenvalue weighted by Gasteiger charge is -2.27. The zero-order valence-electron chi connectivity index (χ0n) is 7.70. The summed E-state index contributed by atoms with van der Waals surface area (Å²) in [5.74, 6) is 0. The highest BCUT2D eigenvalue weighted by molar-refractivity contribution is 5.11. The molecule has 3 atom stereocenters.